The Morgan fingerprint density at radius 2 is 1.96 bits per heavy atom. The zero-order valence-corrected chi connectivity index (χ0v) is 16.9. The molecule has 4 atom stereocenters. The number of carbonyl (C=O) groups excluding carboxylic acids is 1. The second kappa shape index (κ2) is 7.63. The zero-order chi connectivity index (χ0) is 19.7. The highest BCUT2D eigenvalue weighted by Crippen LogP contribution is 2.58. The maximum atomic E-state index is 12.5. The number of esters is 1. The van der Waals surface area contributed by atoms with Crippen molar-refractivity contribution in [2.24, 2.45) is 17.3 Å². The van der Waals surface area contributed by atoms with E-state index in [0.717, 1.165) is 31.2 Å². The van der Waals surface area contributed by atoms with Gasteiger partial charge >= 0.3 is 5.97 Å². The molecule has 3 heteroatoms. The summed E-state index contributed by atoms with van der Waals surface area (Å²) in [7, 11) is 0. The number of benzene rings is 1. The fraction of sp³-hybridized carbons (Fsp3) is 0.542. The number of carbonyl (C=O) groups is 1. The van der Waals surface area contributed by atoms with Crippen molar-refractivity contribution in [2.75, 3.05) is 0 Å². The number of allylic oxidation sites excluding steroid dienone is 1. The van der Waals surface area contributed by atoms with E-state index in [1.54, 1.807) is 6.08 Å². The Labute approximate surface area is 163 Å². The number of hydrogen-bond donors (Lipinski definition) is 1. The van der Waals surface area contributed by atoms with Gasteiger partial charge in [0.2, 0.25) is 0 Å². The molecule has 0 saturated heterocycles. The van der Waals surface area contributed by atoms with E-state index in [4.69, 9.17) is 4.74 Å². The number of aliphatic hydroxyl groups is 1. The highest BCUT2D eigenvalue weighted by atomic mass is 16.5. The lowest BCUT2D eigenvalue weighted by Gasteiger charge is -2.46. The Balaban J connectivity index is 1.83. The number of fused-ring (bicyclic) bond motifs is 1. The van der Waals surface area contributed by atoms with Crippen LogP contribution >= 0.6 is 0 Å². The molecule has 0 heterocycles. The molecule has 1 fully saturated rings. The van der Waals surface area contributed by atoms with Crippen LogP contribution in [0, 0.1) is 17.3 Å². The Bertz CT molecular complexity index is 733. The van der Waals surface area contributed by atoms with Gasteiger partial charge in [0.1, 0.15) is 6.10 Å². The van der Waals surface area contributed by atoms with Gasteiger partial charge in [-0.15, -0.1) is 0 Å². The molecule has 1 aromatic rings. The molecule has 1 aromatic carbocycles. The van der Waals surface area contributed by atoms with E-state index in [0.29, 0.717) is 5.92 Å². The van der Waals surface area contributed by atoms with Crippen LogP contribution in [-0.2, 0) is 9.53 Å². The van der Waals surface area contributed by atoms with E-state index in [2.05, 4.69) is 33.8 Å². The number of ether oxygens (including phenoxy) is 1. The minimum atomic E-state index is -0.802. The second-order valence-corrected chi connectivity index (χ2v) is 8.85. The average molecular weight is 369 g/mol. The Morgan fingerprint density at radius 3 is 2.63 bits per heavy atom. The summed E-state index contributed by atoms with van der Waals surface area (Å²) >= 11 is 0. The molecule has 0 bridgehead atoms. The van der Waals surface area contributed by atoms with Crippen LogP contribution in [0.2, 0.25) is 0 Å². The van der Waals surface area contributed by atoms with Crippen LogP contribution in [0.5, 0.6) is 0 Å². The summed E-state index contributed by atoms with van der Waals surface area (Å²) in [4.78, 5) is 12.5. The smallest absolute Gasteiger partial charge is 0.331 e. The topological polar surface area (TPSA) is 46.5 Å². The summed E-state index contributed by atoms with van der Waals surface area (Å²) in [6, 6.07) is 9.72. The summed E-state index contributed by atoms with van der Waals surface area (Å²) in [5, 5.41) is 11.7. The van der Waals surface area contributed by atoms with E-state index in [1.165, 1.54) is 11.6 Å². The lowest BCUT2D eigenvalue weighted by Crippen LogP contribution is -2.53. The molecule has 1 saturated carbocycles. The number of rotatable bonds is 4. The largest absolute Gasteiger partial charge is 0.454 e. The predicted molar refractivity (Wildman–Crippen MR) is 109 cm³/mol. The van der Waals surface area contributed by atoms with E-state index in [-0.39, 0.29) is 11.9 Å². The summed E-state index contributed by atoms with van der Waals surface area (Å²) in [5.74, 6) is 0.291. The third-order valence-corrected chi connectivity index (χ3v) is 6.80. The summed E-state index contributed by atoms with van der Waals surface area (Å²) in [6.45, 7) is 8.54. The van der Waals surface area contributed by atoms with Gasteiger partial charge in [-0.05, 0) is 62.2 Å². The molecule has 0 amide bonds. The van der Waals surface area contributed by atoms with Crippen molar-refractivity contribution in [2.45, 2.75) is 65.1 Å². The summed E-state index contributed by atoms with van der Waals surface area (Å²) < 4.78 is 5.91. The first-order chi connectivity index (χ1) is 12.8. The SMILES string of the molecule is CC1=CC(OC(=O)C=Cc2ccccc2)C2(C)CCC(C(C)C)C2(O)CC1. The predicted octanol–water partition coefficient (Wildman–Crippen LogP) is 5.16. The van der Waals surface area contributed by atoms with Crippen LogP contribution in [0.3, 0.4) is 0 Å². The van der Waals surface area contributed by atoms with Crippen molar-refractivity contribution >= 4 is 12.0 Å². The van der Waals surface area contributed by atoms with Crippen molar-refractivity contribution < 1.29 is 14.6 Å². The lowest BCUT2D eigenvalue weighted by molar-refractivity contribution is -0.165. The van der Waals surface area contributed by atoms with Gasteiger partial charge in [0.15, 0.2) is 0 Å². The third kappa shape index (κ3) is 3.75. The fourth-order valence-electron chi connectivity index (χ4n) is 5.05. The molecule has 2 aliphatic carbocycles. The first-order valence-corrected chi connectivity index (χ1v) is 10.1. The fourth-order valence-corrected chi connectivity index (χ4v) is 5.05. The maximum absolute atomic E-state index is 12.5. The Kier molecular flexibility index (Phi) is 5.62. The van der Waals surface area contributed by atoms with Crippen LogP contribution in [0.15, 0.2) is 48.1 Å². The molecule has 3 nitrogen and oxygen atoms in total. The highest BCUT2D eigenvalue weighted by molar-refractivity contribution is 5.87. The maximum Gasteiger partial charge on any atom is 0.331 e. The van der Waals surface area contributed by atoms with Crippen molar-refractivity contribution in [1.29, 1.82) is 0 Å². The van der Waals surface area contributed by atoms with Crippen LogP contribution in [0.25, 0.3) is 6.08 Å². The standard InChI is InChI=1S/C24H32O3/c1-17(2)20-13-14-23(4)21(16-18(3)12-15-24(20,23)26)27-22(25)11-10-19-8-6-5-7-9-19/h5-11,16-17,20-21,26H,12-15H2,1-4H3. The van der Waals surface area contributed by atoms with Crippen molar-refractivity contribution in [3.63, 3.8) is 0 Å². The van der Waals surface area contributed by atoms with Crippen LogP contribution in [0.1, 0.15) is 58.9 Å². The first-order valence-electron chi connectivity index (χ1n) is 10.1. The van der Waals surface area contributed by atoms with Crippen LogP contribution in [-0.4, -0.2) is 22.8 Å². The number of hydrogen-bond acceptors (Lipinski definition) is 3. The summed E-state index contributed by atoms with van der Waals surface area (Å²) in [5.41, 5.74) is 0.899. The molecular weight excluding hydrogens is 336 g/mol. The van der Waals surface area contributed by atoms with Gasteiger partial charge in [0, 0.05) is 11.5 Å². The second-order valence-electron chi connectivity index (χ2n) is 8.85. The van der Waals surface area contributed by atoms with Crippen molar-refractivity contribution in [3.8, 4) is 0 Å². The molecule has 1 N–H and O–H groups in total. The molecule has 0 aromatic heterocycles. The van der Waals surface area contributed by atoms with Crippen LogP contribution < -0.4 is 0 Å². The molecular formula is C24H32O3. The minimum absolute atomic E-state index is 0.239. The van der Waals surface area contributed by atoms with E-state index < -0.39 is 17.1 Å². The molecule has 0 aliphatic heterocycles. The first kappa shape index (κ1) is 19.9. The van der Waals surface area contributed by atoms with Gasteiger partial charge in [-0.25, -0.2) is 4.79 Å². The van der Waals surface area contributed by atoms with Gasteiger partial charge in [0.05, 0.1) is 5.60 Å². The van der Waals surface area contributed by atoms with Crippen LogP contribution in [0.4, 0.5) is 0 Å². The Hall–Kier alpha value is -1.87. The quantitative estimate of drug-likeness (QED) is 0.454. The van der Waals surface area contributed by atoms with E-state index >= 15 is 0 Å². The van der Waals surface area contributed by atoms with E-state index in [1.807, 2.05) is 30.3 Å². The lowest BCUT2D eigenvalue weighted by atomic mass is 9.66. The van der Waals surface area contributed by atoms with Gasteiger partial charge < -0.3 is 9.84 Å². The van der Waals surface area contributed by atoms with Gasteiger partial charge in [-0.2, -0.15) is 0 Å². The third-order valence-electron chi connectivity index (χ3n) is 6.80. The normalized spacial score (nSPS) is 33.6. The highest BCUT2D eigenvalue weighted by Gasteiger charge is 2.61. The van der Waals surface area contributed by atoms with Crippen molar-refractivity contribution in [3.05, 3.63) is 53.6 Å². The Morgan fingerprint density at radius 1 is 1.26 bits per heavy atom. The molecule has 3 rings (SSSR count). The molecule has 4 unspecified atom stereocenters. The zero-order valence-electron chi connectivity index (χ0n) is 16.9. The van der Waals surface area contributed by atoms with Gasteiger partial charge in [0.25, 0.3) is 0 Å². The van der Waals surface area contributed by atoms with Crippen molar-refractivity contribution in [1.82, 2.24) is 0 Å². The molecule has 146 valence electrons. The molecule has 27 heavy (non-hydrogen) atoms. The molecule has 2 aliphatic rings. The molecule has 0 spiro atoms. The van der Waals surface area contributed by atoms with Gasteiger partial charge in [-0.1, -0.05) is 56.7 Å². The average Bonchev–Trinajstić information content (AvgIpc) is 2.86. The van der Waals surface area contributed by atoms with Gasteiger partial charge in [-0.3, -0.25) is 0 Å². The van der Waals surface area contributed by atoms with E-state index in [9.17, 15) is 9.90 Å². The minimum Gasteiger partial charge on any atom is -0.454 e. The monoisotopic (exact) mass is 368 g/mol. The molecule has 0 radical (unpaired) electrons. The summed E-state index contributed by atoms with van der Waals surface area (Å²) in [6.07, 6.45) is 8.36.